The number of thiocarbonyl (C=S) groups is 1. The molecule has 0 radical (unpaired) electrons. The van der Waals surface area contributed by atoms with Gasteiger partial charge in [-0.1, -0.05) is 12.1 Å². The van der Waals surface area contributed by atoms with E-state index in [1.165, 1.54) is 0 Å². The summed E-state index contributed by atoms with van der Waals surface area (Å²) in [4.78, 5) is 17.1. The highest BCUT2D eigenvalue weighted by Crippen LogP contribution is 2.27. The first kappa shape index (κ1) is 22.2. The fraction of sp³-hybridized carbons (Fsp3) is 0.125. The third-order valence-electron chi connectivity index (χ3n) is 4.41. The van der Waals surface area contributed by atoms with Gasteiger partial charge in [-0.2, -0.15) is 0 Å². The normalized spacial score (nSPS) is 10.9. The van der Waals surface area contributed by atoms with Crippen molar-refractivity contribution in [1.29, 1.82) is 0 Å². The number of benzene rings is 3. The van der Waals surface area contributed by atoms with Crippen LogP contribution < -0.4 is 15.4 Å². The minimum Gasteiger partial charge on any atom is -0.491 e. The van der Waals surface area contributed by atoms with Crippen LogP contribution in [0.4, 0.5) is 5.69 Å². The van der Waals surface area contributed by atoms with E-state index in [0.717, 1.165) is 9.13 Å². The molecule has 0 atom stereocenters. The minimum atomic E-state index is -0.319. The van der Waals surface area contributed by atoms with E-state index in [1.807, 2.05) is 62.4 Å². The summed E-state index contributed by atoms with van der Waals surface area (Å²) in [5.41, 5.74) is 3.43. The maximum atomic E-state index is 12.6. The molecular formula is C24H20IN3O3S. The largest absolute Gasteiger partial charge is 0.491 e. The Bertz CT molecular complexity index is 1300. The molecule has 8 heteroatoms. The number of aromatic nitrogens is 1. The second-order valence-corrected chi connectivity index (χ2v) is 8.97. The zero-order valence-electron chi connectivity index (χ0n) is 17.4. The standard InChI is InChI=1S/C24H20IN3O3S/c1-14(2)30-19-8-4-5-15(12-19)22(29)28-24(32)26-18-9-10-21-20(13-18)27-23(31-21)16-6-3-7-17(25)11-16/h3-14H,1-2H3,(H2,26,28,29,32). The Morgan fingerprint density at radius 2 is 1.91 bits per heavy atom. The molecule has 32 heavy (non-hydrogen) atoms. The van der Waals surface area contributed by atoms with Gasteiger partial charge >= 0.3 is 0 Å². The molecule has 0 saturated carbocycles. The fourth-order valence-electron chi connectivity index (χ4n) is 3.07. The molecule has 4 aromatic rings. The van der Waals surface area contributed by atoms with Gasteiger partial charge in [-0.05, 0) is 103 Å². The highest BCUT2D eigenvalue weighted by atomic mass is 127. The number of nitrogens with zero attached hydrogens (tertiary/aromatic N) is 1. The number of ether oxygens (including phenoxy) is 1. The fourth-order valence-corrected chi connectivity index (χ4v) is 3.82. The molecule has 0 aliphatic rings. The van der Waals surface area contributed by atoms with Crippen LogP contribution in [0.25, 0.3) is 22.6 Å². The van der Waals surface area contributed by atoms with E-state index in [0.29, 0.717) is 34.0 Å². The van der Waals surface area contributed by atoms with Gasteiger partial charge in [0.15, 0.2) is 10.7 Å². The Morgan fingerprint density at radius 1 is 1.09 bits per heavy atom. The van der Waals surface area contributed by atoms with Crippen molar-refractivity contribution in [1.82, 2.24) is 10.3 Å². The van der Waals surface area contributed by atoms with Gasteiger partial charge in [0.1, 0.15) is 11.3 Å². The highest BCUT2D eigenvalue weighted by molar-refractivity contribution is 14.1. The molecule has 162 valence electrons. The van der Waals surface area contributed by atoms with Crippen molar-refractivity contribution < 1.29 is 13.9 Å². The molecule has 0 fully saturated rings. The van der Waals surface area contributed by atoms with Crippen LogP contribution in [-0.4, -0.2) is 22.1 Å². The van der Waals surface area contributed by atoms with E-state index in [4.69, 9.17) is 21.4 Å². The van der Waals surface area contributed by atoms with Crippen LogP contribution in [0.3, 0.4) is 0 Å². The van der Waals surface area contributed by atoms with Crippen LogP contribution in [0, 0.1) is 3.57 Å². The summed E-state index contributed by atoms with van der Waals surface area (Å²) in [5, 5.41) is 5.90. The van der Waals surface area contributed by atoms with Crippen LogP contribution in [0.15, 0.2) is 71.1 Å². The Balaban J connectivity index is 1.45. The lowest BCUT2D eigenvalue weighted by Gasteiger charge is -2.12. The smallest absolute Gasteiger partial charge is 0.257 e. The van der Waals surface area contributed by atoms with E-state index < -0.39 is 0 Å². The Kier molecular flexibility index (Phi) is 6.71. The third-order valence-corrected chi connectivity index (χ3v) is 5.29. The predicted molar refractivity (Wildman–Crippen MR) is 138 cm³/mol. The molecule has 0 aliphatic carbocycles. The maximum absolute atomic E-state index is 12.6. The number of rotatable bonds is 5. The average molecular weight is 557 g/mol. The summed E-state index contributed by atoms with van der Waals surface area (Å²) in [7, 11) is 0. The molecule has 0 bridgehead atoms. The number of halogens is 1. The molecule has 2 N–H and O–H groups in total. The van der Waals surface area contributed by atoms with Crippen molar-refractivity contribution in [2.45, 2.75) is 20.0 Å². The zero-order chi connectivity index (χ0) is 22.7. The average Bonchev–Trinajstić information content (AvgIpc) is 3.17. The van der Waals surface area contributed by atoms with Crippen LogP contribution in [-0.2, 0) is 0 Å². The molecule has 0 aliphatic heterocycles. The zero-order valence-corrected chi connectivity index (χ0v) is 20.4. The van der Waals surface area contributed by atoms with E-state index in [2.05, 4.69) is 38.2 Å². The number of carbonyl (C=O) groups is 1. The molecule has 1 heterocycles. The molecular weight excluding hydrogens is 537 g/mol. The highest BCUT2D eigenvalue weighted by Gasteiger charge is 2.12. The van der Waals surface area contributed by atoms with Gasteiger partial charge in [-0.3, -0.25) is 10.1 Å². The number of hydrogen-bond acceptors (Lipinski definition) is 5. The Hall–Kier alpha value is -2.98. The SMILES string of the molecule is CC(C)Oc1cccc(C(=O)NC(=S)Nc2ccc3oc(-c4cccc(I)c4)nc3c2)c1. The molecule has 4 rings (SSSR count). The summed E-state index contributed by atoms with van der Waals surface area (Å²) in [5.74, 6) is 0.863. The first-order valence-corrected chi connectivity index (χ1v) is 11.4. The molecule has 0 unspecified atom stereocenters. The van der Waals surface area contributed by atoms with Crippen molar-refractivity contribution in [3.8, 4) is 17.2 Å². The van der Waals surface area contributed by atoms with Gasteiger partial charge in [-0.15, -0.1) is 0 Å². The van der Waals surface area contributed by atoms with Crippen molar-refractivity contribution in [2.24, 2.45) is 0 Å². The van der Waals surface area contributed by atoms with Crippen LogP contribution in [0.1, 0.15) is 24.2 Å². The summed E-state index contributed by atoms with van der Waals surface area (Å²) in [6, 6.07) is 20.4. The lowest BCUT2D eigenvalue weighted by molar-refractivity contribution is 0.0977. The molecule has 0 spiro atoms. The summed E-state index contributed by atoms with van der Waals surface area (Å²) in [6.45, 7) is 3.86. The second kappa shape index (κ2) is 9.66. The molecule has 0 saturated heterocycles. The molecule has 6 nitrogen and oxygen atoms in total. The summed E-state index contributed by atoms with van der Waals surface area (Å²) in [6.07, 6.45) is 0.0218. The van der Waals surface area contributed by atoms with Gasteiger partial charge in [0.2, 0.25) is 5.89 Å². The van der Waals surface area contributed by atoms with Gasteiger partial charge in [0, 0.05) is 20.4 Å². The van der Waals surface area contributed by atoms with E-state index in [9.17, 15) is 4.79 Å². The summed E-state index contributed by atoms with van der Waals surface area (Å²) < 4.78 is 12.6. The van der Waals surface area contributed by atoms with Crippen molar-refractivity contribution >= 4 is 62.6 Å². The predicted octanol–water partition coefficient (Wildman–Crippen LogP) is 6.01. The number of nitrogens with one attached hydrogen (secondary N) is 2. The van der Waals surface area contributed by atoms with Crippen LogP contribution in [0.5, 0.6) is 5.75 Å². The third kappa shape index (κ3) is 5.43. The van der Waals surface area contributed by atoms with E-state index in [-0.39, 0.29) is 17.1 Å². The topological polar surface area (TPSA) is 76.4 Å². The summed E-state index contributed by atoms with van der Waals surface area (Å²) >= 11 is 7.57. The van der Waals surface area contributed by atoms with Crippen LogP contribution >= 0.6 is 34.8 Å². The number of amides is 1. The van der Waals surface area contributed by atoms with Crippen molar-refractivity contribution in [2.75, 3.05) is 5.32 Å². The first-order valence-electron chi connectivity index (χ1n) is 9.93. The second-order valence-electron chi connectivity index (χ2n) is 7.31. The molecule has 3 aromatic carbocycles. The Labute approximate surface area is 204 Å². The number of oxazole rings is 1. The quantitative estimate of drug-likeness (QED) is 0.231. The number of hydrogen-bond donors (Lipinski definition) is 2. The Morgan fingerprint density at radius 3 is 2.69 bits per heavy atom. The lowest BCUT2D eigenvalue weighted by Crippen LogP contribution is -2.34. The monoisotopic (exact) mass is 557 g/mol. The van der Waals surface area contributed by atoms with Gasteiger partial charge in [0.25, 0.3) is 5.91 Å². The first-order chi connectivity index (χ1) is 15.4. The minimum absolute atomic E-state index is 0.0218. The number of anilines is 1. The molecule has 1 amide bonds. The lowest BCUT2D eigenvalue weighted by atomic mass is 10.2. The van der Waals surface area contributed by atoms with Crippen LogP contribution in [0.2, 0.25) is 0 Å². The molecule has 1 aromatic heterocycles. The van der Waals surface area contributed by atoms with Gasteiger partial charge in [-0.25, -0.2) is 4.98 Å². The van der Waals surface area contributed by atoms with Crippen molar-refractivity contribution in [3.63, 3.8) is 0 Å². The van der Waals surface area contributed by atoms with Crippen molar-refractivity contribution in [3.05, 3.63) is 75.9 Å². The van der Waals surface area contributed by atoms with E-state index >= 15 is 0 Å². The number of fused-ring (bicyclic) bond motifs is 1. The van der Waals surface area contributed by atoms with E-state index in [1.54, 1.807) is 18.2 Å². The van der Waals surface area contributed by atoms with Gasteiger partial charge < -0.3 is 14.5 Å². The van der Waals surface area contributed by atoms with Gasteiger partial charge in [0.05, 0.1) is 6.10 Å². The maximum Gasteiger partial charge on any atom is 0.257 e. The number of carbonyl (C=O) groups excluding carboxylic acids is 1.